The number of imidazole rings is 1. The molecule has 23 heavy (non-hydrogen) atoms. The van der Waals surface area contributed by atoms with E-state index >= 15 is 0 Å². The van der Waals surface area contributed by atoms with Crippen molar-refractivity contribution in [2.75, 3.05) is 18.0 Å². The average Bonchev–Trinajstić information content (AvgIpc) is 3.10. The van der Waals surface area contributed by atoms with Crippen molar-refractivity contribution in [1.82, 2.24) is 14.9 Å². The molecule has 3 rings (SSSR count). The van der Waals surface area contributed by atoms with E-state index in [4.69, 9.17) is 0 Å². The quantitative estimate of drug-likeness (QED) is 0.917. The summed E-state index contributed by atoms with van der Waals surface area (Å²) in [5, 5.41) is 3.78. The van der Waals surface area contributed by atoms with Gasteiger partial charge in [-0.2, -0.15) is 0 Å². The molecular formula is C19H28N4. The fraction of sp³-hybridized carbons (Fsp3) is 0.526. The topological polar surface area (TPSA) is 33.1 Å². The summed E-state index contributed by atoms with van der Waals surface area (Å²) in [4.78, 5) is 6.60. The van der Waals surface area contributed by atoms with Gasteiger partial charge in [0.25, 0.3) is 0 Å². The molecule has 1 aromatic carbocycles. The molecule has 0 saturated carbocycles. The Morgan fingerprint density at radius 3 is 2.26 bits per heavy atom. The highest BCUT2D eigenvalue weighted by atomic mass is 15.1. The molecule has 0 unspecified atom stereocenters. The Hall–Kier alpha value is -1.81. The van der Waals surface area contributed by atoms with Crippen LogP contribution in [0.1, 0.15) is 33.6 Å². The Labute approximate surface area is 139 Å². The second-order valence-corrected chi connectivity index (χ2v) is 6.95. The maximum Gasteiger partial charge on any atom is 0.0991 e. The molecular weight excluding hydrogens is 284 g/mol. The highest BCUT2D eigenvalue weighted by molar-refractivity contribution is 5.51. The van der Waals surface area contributed by atoms with E-state index in [0.29, 0.717) is 18.0 Å². The van der Waals surface area contributed by atoms with Crippen LogP contribution in [0.3, 0.4) is 0 Å². The Bertz CT molecular complexity index is 580. The van der Waals surface area contributed by atoms with Crippen molar-refractivity contribution in [3.63, 3.8) is 0 Å². The Morgan fingerprint density at radius 1 is 1.04 bits per heavy atom. The summed E-state index contributed by atoms with van der Waals surface area (Å²) in [6, 6.07) is 10.0. The third kappa shape index (κ3) is 3.94. The monoisotopic (exact) mass is 312 g/mol. The van der Waals surface area contributed by atoms with Gasteiger partial charge in [0.2, 0.25) is 0 Å². The molecule has 1 aliphatic heterocycles. The summed E-state index contributed by atoms with van der Waals surface area (Å²) >= 11 is 0. The molecule has 1 N–H and O–H groups in total. The second kappa shape index (κ2) is 7.18. The molecule has 0 aliphatic carbocycles. The smallest absolute Gasteiger partial charge is 0.0991 e. The SMILES string of the molecule is CC(C)[C@@H](C)NC1CCN(c2ccc(-n3ccnc3)cc2)CC1. The highest BCUT2D eigenvalue weighted by Gasteiger charge is 2.21. The normalized spacial score (nSPS) is 17.7. The van der Waals surface area contributed by atoms with Crippen molar-refractivity contribution in [3.05, 3.63) is 43.0 Å². The van der Waals surface area contributed by atoms with Crippen LogP contribution in [0.5, 0.6) is 0 Å². The zero-order valence-corrected chi connectivity index (χ0v) is 14.4. The lowest BCUT2D eigenvalue weighted by atomic mass is 10.00. The zero-order chi connectivity index (χ0) is 16.2. The third-order valence-corrected chi connectivity index (χ3v) is 5.01. The lowest BCUT2D eigenvalue weighted by Crippen LogP contribution is -2.46. The molecule has 0 radical (unpaired) electrons. The van der Waals surface area contributed by atoms with Gasteiger partial charge < -0.3 is 14.8 Å². The summed E-state index contributed by atoms with van der Waals surface area (Å²) in [6.07, 6.45) is 8.06. The van der Waals surface area contributed by atoms with Crippen molar-refractivity contribution >= 4 is 5.69 Å². The first-order chi connectivity index (χ1) is 11.1. The number of piperidine rings is 1. The fourth-order valence-electron chi connectivity index (χ4n) is 3.12. The number of benzene rings is 1. The Morgan fingerprint density at radius 2 is 1.70 bits per heavy atom. The molecule has 1 fully saturated rings. The number of nitrogens with zero attached hydrogens (tertiary/aromatic N) is 3. The highest BCUT2D eigenvalue weighted by Crippen LogP contribution is 2.22. The van der Waals surface area contributed by atoms with E-state index in [1.54, 1.807) is 0 Å². The first-order valence-corrected chi connectivity index (χ1v) is 8.73. The second-order valence-electron chi connectivity index (χ2n) is 6.95. The maximum atomic E-state index is 4.10. The van der Waals surface area contributed by atoms with E-state index in [9.17, 15) is 0 Å². The number of nitrogens with one attached hydrogen (secondary N) is 1. The number of aromatic nitrogens is 2. The van der Waals surface area contributed by atoms with E-state index in [0.717, 1.165) is 18.8 Å². The standard InChI is InChI=1S/C19H28N4/c1-15(2)16(3)21-17-8-11-22(12-9-17)18-4-6-19(7-5-18)23-13-10-20-14-23/h4-7,10,13-17,21H,8-9,11-12H2,1-3H3/t16-/m1/s1. The zero-order valence-electron chi connectivity index (χ0n) is 14.4. The molecule has 124 valence electrons. The van der Waals surface area contributed by atoms with Crippen LogP contribution in [0.15, 0.2) is 43.0 Å². The predicted molar refractivity (Wildman–Crippen MR) is 96.2 cm³/mol. The maximum absolute atomic E-state index is 4.10. The molecule has 1 aromatic heterocycles. The summed E-state index contributed by atoms with van der Waals surface area (Å²) < 4.78 is 2.03. The minimum absolute atomic E-state index is 0.598. The number of hydrogen-bond acceptors (Lipinski definition) is 3. The van der Waals surface area contributed by atoms with E-state index in [2.05, 4.69) is 60.2 Å². The van der Waals surface area contributed by atoms with Crippen LogP contribution in [-0.2, 0) is 0 Å². The third-order valence-electron chi connectivity index (χ3n) is 5.01. The van der Waals surface area contributed by atoms with Crippen LogP contribution in [0.4, 0.5) is 5.69 Å². The van der Waals surface area contributed by atoms with Gasteiger partial charge in [-0.3, -0.25) is 0 Å². The van der Waals surface area contributed by atoms with Gasteiger partial charge in [-0.05, 0) is 49.9 Å². The van der Waals surface area contributed by atoms with Crippen LogP contribution in [0, 0.1) is 5.92 Å². The van der Waals surface area contributed by atoms with Gasteiger partial charge >= 0.3 is 0 Å². The number of hydrogen-bond donors (Lipinski definition) is 1. The molecule has 1 atom stereocenters. The lowest BCUT2D eigenvalue weighted by Gasteiger charge is -2.36. The van der Waals surface area contributed by atoms with Crippen molar-refractivity contribution in [1.29, 1.82) is 0 Å². The van der Waals surface area contributed by atoms with Crippen molar-refractivity contribution in [3.8, 4) is 5.69 Å². The van der Waals surface area contributed by atoms with E-state index in [1.807, 2.05) is 23.3 Å². The van der Waals surface area contributed by atoms with Crippen molar-refractivity contribution < 1.29 is 0 Å². The number of rotatable bonds is 5. The van der Waals surface area contributed by atoms with Crippen molar-refractivity contribution in [2.24, 2.45) is 5.92 Å². The molecule has 4 heteroatoms. The van der Waals surface area contributed by atoms with E-state index in [1.165, 1.54) is 18.5 Å². The van der Waals surface area contributed by atoms with Crippen molar-refractivity contribution in [2.45, 2.75) is 45.7 Å². The van der Waals surface area contributed by atoms with Gasteiger partial charge in [-0.25, -0.2) is 4.98 Å². The lowest BCUT2D eigenvalue weighted by molar-refractivity contribution is 0.331. The number of anilines is 1. The minimum Gasteiger partial charge on any atom is -0.371 e. The molecule has 2 heterocycles. The molecule has 1 saturated heterocycles. The van der Waals surface area contributed by atoms with E-state index in [-0.39, 0.29) is 0 Å². The Kier molecular flexibility index (Phi) is 5.01. The molecule has 0 amide bonds. The summed E-state index contributed by atoms with van der Waals surface area (Å²) in [5.41, 5.74) is 2.48. The Balaban J connectivity index is 1.55. The molecule has 0 spiro atoms. The van der Waals surface area contributed by atoms with Crippen LogP contribution < -0.4 is 10.2 Å². The molecule has 4 nitrogen and oxygen atoms in total. The van der Waals surface area contributed by atoms with Crippen LogP contribution >= 0.6 is 0 Å². The van der Waals surface area contributed by atoms with E-state index < -0.39 is 0 Å². The van der Waals surface area contributed by atoms with Crippen LogP contribution in [0.25, 0.3) is 5.69 Å². The summed E-state index contributed by atoms with van der Waals surface area (Å²) in [5.74, 6) is 0.698. The summed E-state index contributed by atoms with van der Waals surface area (Å²) in [7, 11) is 0. The molecule has 0 bridgehead atoms. The van der Waals surface area contributed by atoms with Gasteiger partial charge in [-0.15, -0.1) is 0 Å². The largest absolute Gasteiger partial charge is 0.371 e. The minimum atomic E-state index is 0.598. The van der Waals surface area contributed by atoms with Crippen LogP contribution in [-0.4, -0.2) is 34.7 Å². The van der Waals surface area contributed by atoms with Gasteiger partial charge in [0, 0.05) is 48.9 Å². The van der Waals surface area contributed by atoms with Gasteiger partial charge in [-0.1, -0.05) is 13.8 Å². The van der Waals surface area contributed by atoms with Gasteiger partial charge in [0.1, 0.15) is 0 Å². The molecule has 1 aliphatic rings. The predicted octanol–water partition coefficient (Wildman–Crippen LogP) is 3.48. The summed E-state index contributed by atoms with van der Waals surface area (Å²) in [6.45, 7) is 9.13. The van der Waals surface area contributed by atoms with Crippen LogP contribution in [0.2, 0.25) is 0 Å². The average molecular weight is 312 g/mol. The van der Waals surface area contributed by atoms with Gasteiger partial charge in [0.05, 0.1) is 6.33 Å². The first-order valence-electron chi connectivity index (χ1n) is 8.73. The first kappa shape index (κ1) is 16.1. The fourth-order valence-corrected chi connectivity index (χ4v) is 3.12. The molecule has 2 aromatic rings. The van der Waals surface area contributed by atoms with Gasteiger partial charge in [0.15, 0.2) is 0 Å².